The van der Waals surface area contributed by atoms with Gasteiger partial charge in [0.2, 0.25) is 0 Å². The van der Waals surface area contributed by atoms with Crippen LogP contribution in [0, 0.1) is 0 Å². The molecule has 1 fully saturated rings. The molecule has 3 aromatic carbocycles. The largest absolute Gasteiger partial charge is 0.748 e. The first kappa shape index (κ1) is 17.3. The predicted octanol–water partition coefficient (Wildman–Crippen LogP) is 3.09. The first-order valence-electron chi connectivity index (χ1n) is 8.16. The number of hydrogen-bond acceptors (Lipinski definition) is 2. The summed E-state index contributed by atoms with van der Waals surface area (Å²) in [6.07, 6.45) is 2.36. The van der Waals surface area contributed by atoms with Crippen molar-refractivity contribution in [3.8, 4) is 0 Å². The van der Waals surface area contributed by atoms with Gasteiger partial charge in [0.15, 0.2) is 0 Å². The first-order valence-corrected chi connectivity index (χ1v) is 8.16. The van der Waals surface area contributed by atoms with Crippen LogP contribution in [0.5, 0.6) is 0 Å². The van der Waals surface area contributed by atoms with Crippen LogP contribution in [0.2, 0.25) is 0 Å². The van der Waals surface area contributed by atoms with E-state index in [1.165, 1.54) is 11.1 Å². The molecule has 2 atom stereocenters. The fourth-order valence-corrected chi connectivity index (χ4v) is 3.30. The van der Waals surface area contributed by atoms with Crippen molar-refractivity contribution in [3.63, 3.8) is 0 Å². The monoisotopic (exact) mass is 358 g/mol. The maximum atomic E-state index is 6.04. The molecule has 1 aliphatic carbocycles. The van der Waals surface area contributed by atoms with Crippen LogP contribution in [0.3, 0.4) is 0 Å². The van der Waals surface area contributed by atoms with Crippen molar-refractivity contribution in [2.24, 2.45) is 0 Å². The zero-order valence-electron chi connectivity index (χ0n) is 13.3. The van der Waals surface area contributed by atoms with Crippen LogP contribution in [0.25, 0.3) is 0 Å². The SMILES string of the molecule is [Fe].[cH-]1[cH-][cH-][cH-][cH-]1.c1ccc2c(c1)C[C@@H]1OB([c-]3cccc3)O[C@H]1C2. The quantitative estimate of drug-likeness (QED) is 0.492. The summed E-state index contributed by atoms with van der Waals surface area (Å²) < 4.78 is 12.1. The van der Waals surface area contributed by atoms with E-state index < -0.39 is 0 Å². The van der Waals surface area contributed by atoms with Crippen LogP contribution >= 0.6 is 0 Å². The van der Waals surface area contributed by atoms with Gasteiger partial charge < -0.3 is 39.6 Å². The molecular formula is C20H19BFeO2-6. The number of fused-ring (bicyclic) bond motifs is 2. The Hall–Kier alpha value is -1.58. The summed E-state index contributed by atoms with van der Waals surface area (Å²) in [6, 6.07) is 26.8. The third-order valence-corrected chi connectivity index (χ3v) is 4.49. The summed E-state index contributed by atoms with van der Waals surface area (Å²) >= 11 is 0. The van der Waals surface area contributed by atoms with Crippen LogP contribution in [0.15, 0.2) is 78.9 Å². The molecule has 4 heteroatoms. The van der Waals surface area contributed by atoms with Crippen molar-refractivity contribution < 1.29 is 26.4 Å². The summed E-state index contributed by atoms with van der Waals surface area (Å²) in [7, 11) is -0.177. The van der Waals surface area contributed by atoms with E-state index >= 15 is 0 Å². The second kappa shape index (κ2) is 8.00. The topological polar surface area (TPSA) is 18.5 Å². The molecule has 128 valence electrons. The third-order valence-electron chi connectivity index (χ3n) is 4.49. The Labute approximate surface area is 154 Å². The summed E-state index contributed by atoms with van der Waals surface area (Å²) in [5.74, 6) is 0. The van der Waals surface area contributed by atoms with Crippen LogP contribution < -0.4 is 5.46 Å². The Bertz CT molecular complexity index is 674. The van der Waals surface area contributed by atoms with Gasteiger partial charge in [-0.3, -0.25) is 0 Å². The maximum absolute atomic E-state index is 6.04. The molecule has 0 N–H and O–H groups in total. The Kier molecular flexibility index (Phi) is 5.75. The van der Waals surface area contributed by atoms with Gasteiger partial charge in [0, 0.05) is 17.1 Å². The second-order valence-electron chi connectivity index (χ2n) is 6.04. The number of hydrogen-bond donors (Lipinski definition) is 0. The molecule has 0 unspecified atom stereocenters. The van der Waals surface area contributed by atoms with E-state index in [1.807, 2.05) is 42.5 Å². The molecular weight excluding hydrogens is 339 g/mol. The van der Waals surface area contributed by atoms with Crippen LogP contribution in [-0.2, 0) is 39.2 Å². The Morgan fingerprint density at radius 3 is 1.71 bits per heavy atom. The van der Waals surface area contributed by atoms with E-state index in [0.717, 1.165) is 18.3 Å². The molecule has 2 aliphatic rings. The van der Waals surface area contributed by atoms with Gasteiger partial charge in [-0.15, -0.1) is 5.46 Å². The Morgan fingerprint density at radius 1 is 0.792 bits per heavy atom. The van der Waals surface area contributed by atoms with E-state index in [9.17, 15) is 0 Å². The summed E-state index contributed by atoms with van der Waals surface area (Å²) in [4.78, 5) is 0. The average Bonchev–Trinajstić information content (AvgIpc) is 3.35. The average molecular weight is 358 g/mol. The van der Waals surface area contributed by atoms with Crippen molar-refractivity contribution in [1.29, 1.82) is 0 Å². The number of rotatable bonds is 1. The molecule has 24 heavy (non-hydrogen) atoms. The molecule has 1 aliphatic heterocycles. The molecule has 0 saturated carbocycles. The molecule has 2 nitrogen and oxygen atoms in total. The van der Waals surface area contributed by atoms with Gasteiger partial charge in [0.05, 0.1) is 12.2 Å². The van der Waals surface area contributed by atoms with Gasteiger partial charge in [-0.05, 0) is 24.0 Å². The van der Waals surface area contributed by atoms with Crippen LogP contribution in [-0.4, -0.2) is 19.3 Å². The van der Waals surface area contributed by atoms with E-state index in [1.54, 1.807) is 0 Å². The molecule has 3 aromatic rings. The Morgan fingerprint density at radius 2 is 1.25 bits per heavy atom. The maximum Gasteiger partial charge on any atom is 0.418 e. The summed E-state index contributed by atoms with van der Waals surface area (Å²) in [5, 5.41) is 0. The van der Waals surface area contributed by atoms with Gasteiger partial charge in [-0.1, -0.05) is 24.3 Å². The molecule has 0 aromatic heterocycles. The van der Waals surface area contributed by atoms with E-state index in [-0.39, 0.29) is 36.4 Å². The fourth-order valence-electron chi connectivity index (χ4n) is 3.30. The zero-order chi connectivity index (χ0) is 15.5. The molecule has 0 amide bonds. The van der Waals surface area contributed by atoms with E-state index in [2.05, 4.69) is 36.4 Å². The first-order chi connectivity index (χ1) is 11.4. The molecule has 5 rings (SSSR count). The molecule has 1 saturated heterocycles. The summed E-state index contributed by atoms with van der Waals surface area (Å²) in [6.45, 7) is 0. The third kappa shape index (κ3) is 3.73. The van der Waals surface area contributed by atoms with E-state index in [4.69, 9.17) is 9.31 Å². The standard InChI is InChI=1S/C15H14BO2.C5H5.Fe/c1-2-6-12-10-15-14(9-11(12)5-1)17-16(18-15)13-7-3-4-8-13;1-2-4-5-3-1;/h1-8,14-15H,9-10H2;1-5H;/q-1;-5;/t14-,15-;;/m0../s1. The zero-order valence-corrected chi connectivity index (χ0v) is 14.4. The van der Waals surface area contributed by atoms with Gasteiger partial charge in [-0.25, -0.2) is 12.1 Å². The summed E-state index contributed by atoms with van der Waals surface area (Å²) in [5.41, 5.74) is 3.95. The minimum absolute atomic E-state index is 0. The molecule has 0 spiro atoms. The number of benzene rings is 1. The molecule has 1 heterocycles. The molecule has 0 radical (unpaired) electrons. The molecule has 0 bridgehead atoms. The van der Waals surface area contributed by atoms with Crippen LogP contribution in [0.1, 0.15) is 11.1 Å². The Balaban J connectivity index is 0.000000245. The van der Waals surface area contributed by atoms with Crippen molar-refractivity contribution in [2.45, 2.75) is 25.0 Å². The van der Waals surface area contributed by atoms with Gasteiger partial charge in [0.1, 0.15) is 0 Å². The van der Waals surface area contributed by atoms with Gasteiger partial charge in [0.25, 0.3) is 0 Å². The van der Waals surface area contributed by atoms with E-state index in [0.29, 0.717) is 0 Å². The predicted molar refractivity (Wildman–Crippen MR) is 93.1 cm³/mol. The van der Waals surface area contributed by atoms with Gasteiger partial charge >= 0.3 is 7.12 Å². The normalized spacial score (nSPS) is 21.1. The second-order valence-corrected chi connectivity index (χ2v) is 6.04. The fraction of sp³-hybridized carbons (Fsp3) is 0.200. The van der Waals surface area contributed by atoms with Gasteiger partial charge in [-0.2, -0.15) is 12.1 Å². The van der Waals surface area contributed by atoms with Crippen molar-refractivity contribution in [3.05, 3.63) is 90.0 Å². The van der Waals surface area contributed by atoms with Crippen LogP contribution in [0.4, 0.5) is 0 Å². The smallest absolute Gasteiger partial charge is 0.418 e. The minimum Gasteiger partial charge on any atom is -0.748 e. The van der Waals surface area contributed by atoms with Crippen molar-refractivity contribution in [1.82, 2.24) is 0 Å². The van der Waals surface area contributed by atoms with Crippen molar-refractivity contribution in [2.75, 3.05) is 0 Å². The minimum atomic E-state index is -0.177. The van der Waals surface area contributed by atoms with Crippen molar-refractivity contribution >= 4 is 12.6 Å².